The van der Waals surface area contributed by atoms with Gasteiger partial charge in [0.2, 0.25) is 0 Å². The summed E-state index contributed by atoms with van der Waals surface area (Å²) in [6, 6.07) is 6.95. The van der Waals surface area contributed by atoms with Gasteiger partial charge in [0, 0.05) is 19.8 Å². The maximum atomic E-state index is 12.8. The summed E-state index contributed by atoms with van der Waals surface area (Å²) >= 11 is 0. The van der Waals surface area contributed by atoms with Gasteiger partial charge in [0.05, 0.1) is 17.9 Å². The molecule has 2 heterocycles. The molecule has 0 radical (unpaired) electrons. The van der Waals surface area contributed by atoms with Crippen LogP contribution in [0.3, 0.4) is 0 Å². The number of rotatable bonds is 3. The molecule has 0 saturated carbocycles. The van der Waals surface area contributed by atoms with Crippen molar-refractivity contribution < 1.29 is 18.3 Å². The van der Waals surface area contributed by atoms with Crippen LogP contribution in [0.1, 0.15) is 5.56 Å². The Bertz CT molecular complexity index is 828. The van der Waals surface area contributed by atoms with Crippen molar-refractivity contribution in [2.24, 2.45) is 13.0 Å². The van der Waals surface area contributed by atoms with Crippen molar-refractivity contribution in [1.82, 2.24) is 9.55 Å². The highest BCUT2D eigenvalue weighted by Crippen LogP contribution is 2.33. The summed E-state index contributed by atoms with van der Waals surface area (Å²) in [6.45, 7) is -0.0920. The number of benzene rings is 1. The van der Waals surface area contributed by atoms with Crippen LogP contribution in [0.25, 0.3) is 0 Å². The van der Waals surface area contributed by atoms with Crippen LogP contribution in [0.4, 0.5) is 5.69 Å². The van der Waals surface area contributed by atoms with Gasteiger partial charge in [0.1, 0.15) is 0 Å². The van der Waals surface area contributed by atoms with Crippen molar-refractivity contribution in [3.63, 3.8) is 0 Å². The number of hydrogen-bond acceptors (Lipinski definition) is 4. The van der Waals surface area contributed by atoms with E-state index in [1.165, 1.54) is 17.1 Å². The summed E-state index contributed by atoms with van der Waals surface area (Å²) in [5, 5.41) is 9.19. The summed E-state index contributed by atoms with van der Waals surface area (Å²) in [5.41, 5.74) is 1.23. The quantitative estimate of drug-likeness (QED) is 0.905. The van der Waals surface area contributed by atoms with Gasteiger partial charge in [-0.1, -0.05) is 18.2 Å². The van der Waals surface area contributed by atoms with E-state index in [9.17, 15) is 18.3 Å². The van der Waals surface area contributed by atoms with E-state index in [1.807, 2.05) is 0 Å². The van der Waals surface area contributed by atoms with Crippen molar-refractivity contribution in [3.8, 4) is 0 Å². The van der Waals surface area contributed by atoms with Crippen LogP contribution in [-0.2, 0) is 28.3 Å². The molecule has 1 aromatic carbocycles. The number of carboxylic acid groups (broad SMARTS) is 1. The number of anilines is 1. The highest BCUT2D eigenvalue weighted by Gasteiger charge is 2.36. The number of aromatic nitrogens is 2. The zero-order valence-electron chi connectivity index (χ0n) is 11.9. The lowest BCUT2D eigenvalue weighted by Gasteiger charge is -2.32. The molecule has 3 rings (SSSR count). The minimum atomic E-state index is -3.88. The molecule has 0 aliphatic carbocycles. The number of para-hydroxylation sites is 1. The molecular weight excluding hydrogens is 306 g/mol. The Labute approximate surface area is 127 Å². The highest BCUT2D eigenvalue weighted by molar-refractivity contribution is 7.92. The molecule has 1 aromatic heterocycles. The van der Waals surface area contributed by atoms with E-state index in [0.29, 0.717) is 17.7 Å². The molecule has 0 amide bonds. The van der Waals surface area contributed by atoms with E-state index in [-0.39, 0.29) is 11.6 Å². The Morgan fingerprint density at radius 2 is 2.09 bits per heavy atom. The molecule has 116 valence electrons. The first-order chi connectivity index (χ1) is 10.4. The van der Waals surface area contributed by atoms with Gasteiger partial charge in [-0.15, -0.1) is 0 Å². The SMILES string of the molecule is Cn1cnc(S(=O)(=O)N2CC(C(=O)O)Cc3ccccc32)c1. The maximum Gasteiger partial charge on any atom is 0.308 e. The molecule has 1 aliphatic heterocycles. The summed E-state index contributed by atoms with van der Waals surface area (Å²) in [5.74, 6) is -1.77. The molecule has 1 aliphatic rings. The number of nitrogens with zero attached hydrogens (tertiary/aromatic N) is 3. The van der Waals surface area contributed by atoms with Crippen LogP contribution in [0.15, 0.2) is 41.8 Å². The minimum absolute atomic E-state index is 0.0872. The summed E-state index contributed by atoms with van der Waals surface area (Å²) < 4.78 is 28.3. The third kappa shape index (κ3) is 2.35. The summed E-state index contributed by atoms with van der Waals surface area (Å²) in [4.78, 5) is 15.2. The average Bonchev–Trinajstić information content (AvgIpc) is 2.93. The average molecular weight is 321 g/mol. The van der Waals surface area contributed by atoms with Crippen molar-refractivity contribution in [2.45, 2.75) is 11.4 Å². The van der Waals surface area contributed by atoms with Gasteiger partial charge in [0.25, 0.3) is 10.0 Å². The molecule has 2 aromatic rings. The van der Waals surface area contributed by atoms with Crippen LogP contribution in [0, 0.1) is 5.92 Å². The molecule has 0 spiro atoms. The van der Waals surface area contributed by atoms with E-state index < -0.39 is 21.9 Å². The second-order valence-corrected chi connectivity index (χ2v) is 7.09. The molecular formula is C14H15N3O4S. The number of aryl methyl sites for hydroxylation is 1. The predicted octanol–water partition coefficient (Wildman–Crippen LogP) is 0.872. The molecule has 8 heteroatoms. The number of carbonyl (C=O) groups is 1. The van der Waals surface area contributed by atoms with Gasteiger partial charge in [-0.3, -0.25) is 9.10 Å². The molecule has 0 fully saturated rings. The van der Waals surface area contributed by atoms with Gasteiger partial charge in [0.15, 0.2) is 5.03 Å². The third-order valence-corrected chi connectivity index (χ3v) is 5.36. The lowest BCUT2D eigenvalue weighted by molar-refractivity contribution is -0.141. The number of sulfonamides is 1. The van der Waals surface area contributed by atoms with Crippen molar-refractivity contribution in [2.75, 3.05) is 10.8 Å². The smallest absolute Gasteiger partial charge is 0.308 e. The number of aliphatic carboxylic acids is 1. The zero-order chi connectivity index (χ0) is 15.9. The fourth-order valence-electron chi connectivity index (χ4n) is 2.58. The topological polar surface area (TPSA) is 92.5 Å². The van der Waals surface area contributed by atoms with Gasteiger partial charge >= 0.3 is 5.97 Å². The minimum Gasteiger partial charge on any atom is -0.481 e. The Kier molecular flexibility index (Phi) is 3.40. The van der Waals surface area contributed by atoms with Crippen LogP contribution in [-0.4, -0.2) is 35.6 Å². The van der Waals surface area contributed by atoms with Crippen molar-refractivity contribution in [1.29, 1.82) is 0 Å². The normalized spacial score (nSPS) is 18.0. The number of imidazole rings is 1. The number of carboxylic acids is 1. The monoisotopic (exact) mass is 321 g/mol. The number of fused-ring (bicyclic) bond motifs is 1. The second-order valence-electron chi connectivity index (χ2n) is 5.28. The fourth-order valence-corrected chi connectivity index (χ4v) is 4.10. The van der Waals surface area contributed by atoms with Gasteiger partial charge in [-0.2, -0.15) is 8.42 Å². The molecule has 1 N–H and O–H groups in total. The van der Waals surface area contributed by atoms with Crippen LogP contribution in [0.5, 0.6) is 0 Å². The second kappa shape index (κ2) is 5.13. The largest absolute Gasteiger partial charge is 0.481 e. The van der Waals surface area contributed by atoms with Crippen LogP contribution >= 0.6 is 0 Å². The molecule has 1 atom stereocenters. The summed E-state index contributed by atoms with van der Waals surface area (Å²) in [6.07, 6.45) is 3.12. The molecule has 0 saturated heterocycles. The zero-order valence-corrected chi connectivity index (χ0v) is 12.7. The first kappa shape index (κ1) is 14.6. The highest BCUT2D eigenvalue weighted by atomic mass is 32.2. The lowest BCUT2D eigenvalue weighted by atomic mass is 9.94. The first-order valence-electron chi connectivity index (χ1n) is 6.71. The maximum absolute atomic E-state index is 12.8. The molecule has 22 heavy (non-hydrogen) atoms. The Morgan fingerprint density at radius 3 is 2.73 bits per heavy atom. The van der Waals surface area contributed by atoms with Crippen molar-refractivity contribution in [3.05, 3.63) is 42.4 Å². The van der Waals surface area contributed by atoms with E-state index in [0.717, 1.165) is 4.31 Å². The van der Waals surface area contributed by atoms with E-state index in [2.05, 4.69) is 4.98 Å². The molecule has 7 nitrogen and oxygen atoms in total. The molecule has 1 unspecified atom stereocenters. The van der Waals surface area contributed by atoms with E-state index >= 15 is 0 Å². The Hall–Kier alpha value is -2.35. The van der Waals surface area contributed by atoms with Crippen LogP contribution < -0.4 is 4.31 Å². The standard InChI is InChI=1S/C14H15N3O4S/c1-16-8-13(15-9-16)22(20,21)17-7-11(14(18)19)6-10-4-2-3-5-12(10)17/h2-5,8-9,11H,6-7H2,1H3,(H,18,19). The van der Waals surface area contributed by atoms with Crippen molar-refractivity contribution >= 4 is 21.7 Å². The first-order valence-corrected chi connectivity index (χ1v) is 8.15. The third-order valence-electron chi connectivity index (χ3n) is 3.70. The predicted molar refractivity (Wildman–Crippen MR) is 79.0 cm³/mol. The Balaban J connectivity index is 2.10. The fraction of sp³-hybridized carbons (Fsp3) is 0.286. The van der Waals surface area contributed by atoms with E-state index in [1.54, 1.807) is 31.3 Å². The Morgan fingerprint density at radius 1 is 1.36 bits per heavy atom. The van der Waals surface area contributed by atoms with Gasteiger partial charge in [-0.05, 0) is 18.1 Å². The van der Waals surface area contributed by atoms with E-state index in [4.69, 9.17) is 0 Å². The molecule has 0 bridgehead atoms. The summed E-state index contributed by atoms with van der Waals surface area (Å²) in [7, 11) is -2.21. The van der Waals surface area contributed by atoms with Crippen LogP contribution in [0.2, 0.25) is 0 Å². The lowest BCUT2D eigenvalue weighted by Crippen LogP contribution is -2.42. The van der Waals surface area contributed by atoms with Gasteiger partial charge < -0.3 is 9.67 Å². The number of hydrogen-bond donors (Lipinski definition) is 1. The van der Waals surface area contributed by atoms with Gasteiger partial charge in [-0.25, -0.2) is 4.98 Å².